The Hall–Kier alpha value is -0.920. The number of carbonyl (C=O) groups excluding carboxylic acids is 1. The Balaban J connectivity index is 2.38. The van der Waals surface area contributed by atoms with E-state index >= 15 is 0 Å². The van der Waals surface area contributed by atoms with Crippen molar-refractivity contribution >= 4 is 27.3 Å². The predicted molar refractivity (Wildman–Crippen MR) is 72.9 cm³/mol. The van der Waals surface area contributed by atoms with E-state index in [2.05, 4.69) is 4.74 Å². The Kier molecular flexibility index (Phi) is 3.98. The first-order valence-electron chi connectivity index (χ1n) is 6.00. The molecule has 0 aromatic carbocycles. The fourth-order valence-electron chi connectivity index (χ4n) is 1.91. The number of aryl methyl sites for hydroxylation is 1. The van der Waals surface area contributed by atoms with E-state index in [1.807, 2.05) is 0 Å². The van der Waals surface area contributed by atoms with E-state index in [1.165, 1.54) is 11.4 Å². The lowest BCUT2D eigenvalue weighted by Crippen LogP contribution is -2.30. The lowest BCUT2D eigenvalue weighted by Gasteiger charge is -2.17. The fraction of sp³-hybridized carbons (Fsp3) is 0.583. The molecule has 5 nitrogen and oxygen atoms in total. The van der Waals surface area contributed by atoms with E-state index in [0.29, 0.717) is 18.0 Å². The van der Waals surface area contributed by atoms with Gasteiger partial charge in [0.15, 0.2) is 0 Å². The summed E-state index contributed by atoms with van der Waals surface area (Å²) in [6.45, 7) is 2.21. The third-order valence-corrected chi connectivity index (χ3v) is 6.39. The van der Waals surface area contributed by atoms with Crippen LogP contribution in [-0.2, 0) is 14.8 Å². The number of hydrogen-bond acceptors (Lipinski definition) is 5. The third kappa shape index (κ3) is 2.82. The Morgan fingerprint density at radius 2 is 2.16 bits per heavy atom. The molecule has 1 fully saturated rings. The molecular weight excluding hydrogens is 286 g/mol. The number of methoxy groups -OCH3 is 1. The summed E-state index contributed by atoms with van der Waals surface area (Å²) in [6, 6.07) is 0. The summed E-state index contributed by atoms with van der Waals surface area (Å²) in [7, 11) is -0.811. The van der Waals surface area contributed by atoms with Crippen LogP contribution in [0.15, 0.2) is 10.3 Å². The van der Waals surface area contributed by atoms with Crippen molar-refractivity contribution in [2.75, 3.05) is 20.7 Å². The quantitative estimate of drug-likeness (QED) is 0.779. The number of nitrogens with zero attached hydrogens (tertiary/aromatic N) is 1. The van der Waals surface area contributed by atoms with Gasteiger partial charge >= 0.3 is 5.97 Å². The van der Waals surface area contributed by atoms with E-state index in [-0.39, 0.29) is 9.77 Å². The van der Waals surface area contributed by atoms with Gasteiger partial charge in [-0.05, 0) is 36.6 Å². The van der Waals surface area contributed by atoms with Gasteiger partial charge in [-0.15, -0.1) is 11.3 Å². The van der Waals surface area contributed by atoms with Crippen molar-refractivity contribution in [1.29, 1.82) is 0 Å². The Bertz CT molecular complexity index is 587. The Morgan fingerprint density at radius 3 is 2.68 bits per heavy atom. The second-order valence-electron chi connectivity index (χ2n) is 4.80. The molecule has 0 radical (unpaired) electrons. The van der Waals surface area contributed by atoms with Crippen LogP contribution in [0.1, 0.15) is 28.1 Å². The van der Waals surface area contributed by atoms with Crippen LogP contribution in [0.5, 0.6) is 0 Å². The van der Waals surface area contributed by atoms with Gasteiger partial charge in [-0.1, -0.05) is 0 Å². The highest BCUT2D eigenvalue weighted by atomic mass is 32.2. The minimum Gasteiger partial charge on any atom is -0.465 e. The van der Waals surface area contributed by atoms with Crippen molar-refractivity contribution in [2.24, 2.45) is 5.92 Å². The number of sulfonamides is 1. The molecule has 0 amide bonds. The van der Waals surface area contributed by atoms with Gasteiger partial charge in [0.1, 0.15) is 9.77 Å². The van der Waals surface area contributed by atoms with Crippen LogP contribution in [0.3, 0.4) is 0 Å². The van der Waals surface area contributed by atoms with Crippen molar-refractivity contribution < 1.29 is 17.9 Å². The van der Waals surface area contributed by atoms with Crippen molar-refractivity contribution in [3.05, 3.63) is 15.8 Å². The molecule has 0 unspecified atom stereocenters. The first kappa shape index (κ1) is 14.5. The SMILES string of the molecule is COC(=O)c1scc(C)c1S(=O)(=O)N(C)CC1CC1. The molecule has 0 bridgehead atoms. The average Bonchev–Trinajstić information content (AvgIpc) is 3.08. The summed E-state index contributed by atoms with van der Waals surface area (Å²) in [5.74, 6) is -0.142. The van der Waals surface area contributed by atoms with Gasteiger partial charge in [-0.3, -0.25) is 0 Å². The Morgan fingerprint density at radius 1 is 1.53 bits per heavy atom. The molecule has 0 atom stereocenters. The summed E-state index contributed by atoms with van der Waals surface area (Å²) >= 11 is 1.11. The van der Waals surface area contributed by atoms with Crippen LogP contribution >= 0.6 is 11.3 Å². The normalized spacial score (nSPS) is 15.8. The smallest absolute Gasteiger partial charge is 0.349 e. The molecule has 1 aromatic rings. The maximum Gasteiger partial charge on any atom is 0.349 e. The van der Waals surface area contributed by atoms with Crippen molar-refractivity contribution in [2.45, 2.75) is 24.7 Å². The lowest BCUT2D eigenvalue weighted by molar-refractivity contribution is 0.0602. The summed E-state index contributed by atoms with van der Waals surface area (Å²) in [5, 5.41) is 1.67. The number of esters is 1. The van der Waals surface area contributed by atoms with Gasteiger partial charge < -0.3 is 4.74 Å². The molecule has 0 spiro atoms. The van der Waals surface area contributed by atoms with Gasteiger partial charge in [0.25, 0.3) is 0 Å². The molecule has 1 aliphatic rings. The molecule has 0 saturated heterocycles. The van der Waals surface area contributed by atoms with Gasteiger partial charge in [0, 0.05) is 13.6 Å². The maximum atomic E-state index is 12.5. The summed E-state index contributed by atoms with van der Waals surface area (Å²) in [5.41, 5.74) is 0.591. The standard InChI is InChI=1S/C12H17NO4S2/c1-8-7-18-10(12(14)17-3)11(8)19(15,16)13(2)6-9-4-5-9/h7,9H,4-6H2,1-3H3. The largest absolute Gasteiger partial charge is 0.465 e. The molecular formula is C12H17NO4S2. The van der Waals surface area contributed by atoms with Crippen LogP contribution in [0, 0.1) is 12.8 Å². The molecule has 1 saturated carbocycles. The van der Waals surface area contributed by atoms with E-state index in [1.54, 1.807) is 19.4 Å². The number of thiophene rings is 1. The Labute approximate surface area is 117 Å². The molecule has 0 N–H and O–H groups in total. The maximum absolute atomic E-state index is 12.5. The van der Waals surface area contributed by atoms with Gasteiger partial charge in [0.05, 0.1) is 7.11 Å². The van der Waals surface area contributed by atoms with Crippen LogP contribution in [0.2, 0.25) is 0 Å². The highest BCUT2D eigenvalue weighted by Crippen LogP contribution is 2.34. The number of carbonyl (C=O) groups is 1. The molecule has 1 aliphatic carbocycles. The minimum absolute atomic E-state index is 0.0903. The third-order valence-electron chi connectivity index (χ3n) is 3.17. The van der Waals surface area contributed by atoms with E-state index in [0.717, 1.165) is 24.2 Å². The second kappa shape index (κ2) is 5.22. The summed E-state index contributed by atoms with van der Waals surface area (Å²) < 4.78 is 31.1. The molecule has 1 aromatic heterocycles. The van der Waals surface area contributed by atoms with Gasteiger partial charge in [-0.2, -0.15) is 0 Å². The zero-order valence-corrected chi connectivity index (χ0v) is 12.8. The van der Waals surface area contributed by atoms with Crippen molar-refractivity contribution in [3.63, 3.8) is 0 Å². The predicted octanol–water partition coefficient (Wildman–Crippen LogP) is 1.87. The van der Waals surface area contributed by atoms with Crippen LogP contribution < -0.4 is 0 Å². The monoisotopic (exact) mass is 303 g/mol. The number of ether oxygens (including phenoxy) is 1. The molecule has 2 rings (SSSR count). The highest BCUT2D eigenvalue weighted by molar-refractivity contribution is 7.89. The van der Waals surface area contributed by atoms with Crippen LogP contribution in [0.4, 0.5) is 0 Å². The second-order valence-corrected chi connectivity index (χ2v) is 7.66. The zero-order chi connectivity index (χ0) is 14.2. The number of hydrogen-bond donors (Lipinski definition) is 0. The van der Waals surface area contributed by atoms with Gasteiger partial charge in [0.2, 0.25) is 10.0 Å². The van der Waals surface area contributed by atoms with Crippen LogP contribution in [0.25, 0.3) is 0 Å². The van der Waals surface area contributed by atoms with Crippen molar-refractivity contribution in [3.8, 4) is 0 Å². The summed E-state index contributed by atoms with van der Waals surface area (Å²) in [6.07, 6.45) is 2.15. The topological polar surface area (TPSA) is 63.7 Å². The first-order valence-corrected chi connectivity index (χ1v) is 8.32. The lowest BCUT2D eigenvalue weighted by atomic mass is 10.3. The van der Waals surface area contributed by atoms with E-state index in [9.17, 15) is 13.2 Å². The molecule has 106 valence electrons. The summed E-state index contributed by atoms with van der Waals surface area (Å²) in [4.78, 5) is 11.9. The molecule has 7 heteroatoms. The zero-order valence-electron chi connectivity index (χ0n) is 11.2. The minimum atomic E-state index is -3.62. The molecule has 1 heterocycles. The van der Waals surface area contributed by atoms with Crippen molar-refractivity contribution in [1.82, 2.24) is 4.31 Å². The molecule has 0 aliphatic heterocycles. The average molecular weight is 303 g/mol. The highest BCUT2D eigenvalue weighted by Gasteiger charge is 2.34. The molecule has 19 heavy (non-hydrogen) atoms. The van der Waals surface area contributed by atoms with Gasteiger partial charge in [-0.25, -0.2) is 17.5 Å². The van der Waals surface area contributed by atoms with E-state index in [4.69, 9.17) is 0 Å². The fourth-order valence-corrected chi connectivity index (χ4v) is 4.80. The first-order chi connectivity index (χ1) is 8.87. The number of rotatable bonds is 5. The van der Waals surface area contributed by atoms with E-state index < -0.39 is 16.0 Å². The van der Waals surface area contributed by atoms with Crippen LogP contribution in [-0.4, -0.2) is 39.4 Å².